The second-order valence-electron chi connectivity index (χ2n) is 8.15. The molecular formula is C26H25N7O4. The van der Waals surface area contributed by atoms with Crippen molar-refractivity contribution >= 4 is 17.5 Å². The minimum atomic E-state index is -0.703. The third-order valence-corrected chi connectivity index (χ3v) is 5.99. The predicted octanol–water partition coefficient (Wildman–Crippen LogP) is 3.69. The molecule has 37 heavy (non-hydrogen) atoms. The lowest BCUT2D eigenvalue weighted by Crippen LogP contribution is -2.31. The second-order valence-corrected chi connectivity index (χ2v) is 8.15. The lowest BCUT2D eigenvalue weighted by molar-refractivity contribution is -0.113. The van der Waals surface area contributed by atoms with Crippen LogP contribution >= 0.6 is 0 Å². The summed E-state index contributed by atoms with van der Waals surface area (Å²) in [7, 11) is 4.66. The van der Waals surface area contributed by atoms with Crippen molar-refractivity contribution in [3.8, 4) is 28.6 Å². The standard InChI is InChI=1S/C26H25N7O4/c1-15-22(25(34)30-17-6-5-9-28-14-17)23(18-12-20(36-3)21(37-4)13-19(18)35-2)33-26(29-15)31-24(32-33)16-7-10-27-11-8-16/h5-14,23H,1-4H3,(H,30,34)(H,29,31,32). The summed E-state index contributed by atoms with van der Waals surface area (Å²) in [6.45, 7) is 1.82. The Morgan fingerprint density at radius 1 is 0.973 bits per heavy atom. The fraction of sp³-hybridized carbons (Fsp3) is 0.192. The molecule has 2 N–H and O–H groups in total. The summed E-state index contributed by atoms with van der Waals surface area (Å²) in [6.07, 6.45) is 6.57. The molecule has 1 aliphatic rings. The SMILES string of the molecule is COc1cc(OC)c(C2C(C(=O)Nc3cccnc3)=C(C)Nc3nc(-c4ccncc4)nn32)cc1OC. The number of hydrogen-bond acceptors (Lipinski definition) is 9. The van der Waals surface area contributed by atoms with E-state index in [2.05, 4.69) is 20.6 Å². The molecule has 1 amide bonds. The number of amides is 1. The first kappa shape index (κ1) is 23.8. The zero-order chi connectivity index (χ0) is 25.9. The number of rotatable bonds is 7. The van der Waals surface area contributed by atoms with Crippen molar-refractivity contribution in [3.63, 3.8) is 0 Å². The molecule has 4 heterocycles. The monoisotopic (exact) mass is 499 g/mol. The van der Waals surface area contributed by atoms with Crippen molar-refractivity contribution in [2.75, 3.05) is 32.0 Å². The average molecular weight is 500 g/mol. The van der Waals surface area contributed by atoms with Gasteiger partial charge >= 0.3 is 0 Å². The molecular weight excluding hydrogens is 474 g/mol. The van der Waals surface area contributed by atoms with Gasteiger partial charge in [-0.1, -0.05) is 0 Å². The van der Waals surface area contributed by atoms with Crippen LogP contribution in [0.15, 0.2) is 72.5 Å². The Morgan fingerprint density at radius 3 is 2.38 bits per heavy atom. The fourth-order valence-electron chi connectivity index (χ4n) is 4.26. The van der Waals surface area contributed by atoms with E-state index in [-0.39, 0.29) is 5.91 Å². The number of anilines is 2. The predicted molar refractivity (Wildman–Crippen MR) is 137 cm³/mol. The van der Waals surface area contributed by atoms with Crippen LogP contribution in [0.25, 0.3) is 11.4 Å². The molecule has 0 saturated carbocycles. The van der Waals surface area contributed by atoms with Gasteiger partial charge in [-0.25, -0.2) is 4.68 Å². The van der Waals surface area contributed by atoms with Gasteiger partial charge in [0.2, 0.25) is 5.95 Å². The Balaban J connectivity index is 1.69. The highest BCUT2D eigenvalue weighted by Gasteiger charge is 2.37. The van der Waals surface area contributed by atoms with Gasteiger partial charge in [0.15, 0.2) is 17.3 Å². The molecule has 11 nitrogen and oxygen atoms in total. The number of carbonyl (C=O) groups is 1. The molecule has 0 radical (unpaired) electrons. The molecule has 1 unspecified atom stereocenters. The zero-order valence-electron chi connectivity index (χ0n) is 20.7. The summed E-state index contributed by atoms with van der Waals surface area (Å²) < 4.78 is 18.5. The number of ether oxygens (including phenoxy) is 3. The van der Waals surface area contributed by atoms with E-state index in [1.165, 1.54) is 0 Å². The van der Waals surface area contributed by atoms with Crippen LogP contribution in [0.5, 0.6) is 17.2 Å². The van der Waals surface area contributed by atoms with Crippen LogP contribution in [0.2, 0.25) is 0 Å². The van der Waals surface area contributed by atoms with Crippen LogP contribution in [-0.4, -0.2) is 52.0 Å². The first-order valence-electron chi connectivity index (χ1n) is 11.4. The van der Waals surface area contributed by atoms with E-state index < -0.39 is 6.04 Å². The van der Waals surface area contributed by atoms with Crippen LogP contribution in [0, 0.1) is 0 Å². The first-order chi connectivity index (χ1) is 18.0. The maximum atomic E-state index is 13.7. The van der Waals surface area contributed by atoms with Crippen LogP contribution < -0.4 is 24.8 Å². The first-order valence-corrected chi connectivity index (χ1v) is 11.4. The number of aromatic nitrogens is 5. The van der Waals surface area contributed by atoms with Gasteiger partial charge < -0.3 is 24.8 Å². The molecule has 1 aromatic carbocycles. The summed E-state index contributed by atoms with van der Waals surface area (Å²) in [5.74, 6) is 2.11. The van der Waals surface area contributed by atoms with Gasteiger partial charge in [-0.2, -0.15) is 4.98 Å². The van der Waals surface area contributed by atoms with E-state index in [1.54, 1.807) is 75.1 Å². The van der Waals surface area contributed by atoms with Gasteiger partial charge in [0.1, 0.15) is 11.8 Å². The van der Waals surface area contributed by atoms with Gasteiger partial charge in [-0.05, 0) is 37.3 Å². The number of methoxy groups -OCH3 is 3. The third-order valence-electron chi connectivity index (χ3n) is 5.99. The summed E-state index contributed by atoms with van der Waals surface area (Å²) in [6, 6.07) is 9.98. The molecule has 188 valence electrons. The Morgan fingerprint density at radius 2 is 1.70 bits per heavy atom. The topological polar surface area (TPSA) is 125 Å². The number of nitrogens with one attached hydrogen (secondary N) is 2. The van der Waals surface area contributed by atoms with Gasteiger partial charge in [0.05, 0.1) is 38.8 Å². The summed E-state index contributed by atoms with van der Waals surface area (Å²) >= 11 is 0. The number of carbonyl (C=O) groups excluding carboxylic acids is 1. The van der Waals surface area contributed by atoms with E-state index in [9.17, 15) is 4.79 Å². The van der Waals surface area contributed by atoms with E-state index in [4.69, 9.17) is 24.3 Å². The Labute approximate surface area is 213 Å². The van der Waals surface area contributed by atoms with Crippen molar-refractivity contribution in [2.45, 2.75) is 13.0 Å². The summed E-state index contributed by atoms with van der Waals surface area (Å²) in [4.78, 5) is 26.6. The third kappa shape index (κ3) is 4.42. The number of hydrogen-bond donors (Lipinski definition) is 2. The van der Waals surface area contributed by atoms with Gasteiger partial charge in [-0.15, -0.1) is 5.10 Å². The van der Waals surface area contributed by atoms with Crippen molar-refractivity contribution in [3.05, 3.63) is 78.0 Å². The molecule has 0 saturated heterocycles. The molecule has 0 aliphatic carbocycles. The Kier molecular flexibility index (Phi) is 6.42. The number of fused-ring (bicyclic) bond motifs is 1. The molecule has 0 fully saturated rings. The molecule has 11 heteroatoms. The van der Waals surface area contributed by atoms with E-state index in [0.29, 0.717) is 51.5 Å². The van der Waals surface area contributed by atoms with E-state index in [1.807, 2.05) is 19.1 Å². The van der Waals surface area contributed by atoms with Gasteiger partial charge in [0.25, 0.3) is 5.91 Å². The lowest BCUT2D eigenvalue weighted by Gasteiger charge is -2.30. The van der Waals surface area contributed by atoms with Crippen molar-refractivity contribution < 1.29 is 19.0 Å². The van der Waals surface area contributed by atoms with Crippen LogP contribution in [-0.2, 0) is 4.79 Å². The second kappa shape index (κ2) is 9.97. The minimum Gasteiger partial charge on any atom is -0.496 e. The van der Waals surface area contributed by atoms with Gasteiger partial charge in [-0.3, -0.25) is 14.8 Å². The molecule has 0 spiro atoms. The van der Waals surface area contributed by atoms with Crippen LogP contribution in [0.3, 0.4) is 0 Å². The quantitative estimate of drug-likeness (QED) is 0.392. The van der Waals surface area contributed by atoms with Crippen molar-refractivity contribution in [1.29, 1.82) is 0 Å². The number of pyridine rings is 2. The molecule has 4 aromatic rings. The Hall–Kier alpha value is -4.93. The maximum absolute atomic E-state index is 13.7. The number of nitrogens with zero attached hydrogens (tertiary/aromatic N) is 5. The zero-order valence-corrected chi connectivity index (χ0v) is 20.7. The van der Waals surface area contributed by atoms with Crippen LogP contribution in [0.1, 0.15) is 18.5 Å². The average Bonchev–Trinajstić information content (AvgIpc) is 3.36. The van der Waals surface area contributed by atoms with Crippen molar-refractivity contribution in [2.24, 2.45) is 0 Å². The fourth-order valence-corrected chi connectivity index (χ4v) is 4.26. The number of allylic oxidation sites excluding steroid dienone is 1. The molecule has 0 bridgehead atoms. The summed E-state index contributed by atoms with van der Waals surface area (Å²) in [5, 5.41) is 11.0. The van der Waals surface area contributed by atoms with Gasteiger partial charge in [0, 0.05) is 41.5 Å². The highest BCUT2D eigenvalue weighted by atomic mass is 16.5. The molecule has 1 aliphatic heterocycles. The smallest absolute Gasteiger partial charge is 0.255 e. The lowest BCUT2D eigenvalue weighted by atomic mass is 9.93. The highest BCUT2D eigenvalue weighted by Crippen LogP contribution is 2.44. The highest BCUT2D eigenvalue weighted by molar-refractivity contribution is 6.06. The molecule has 1 atom stereocenters. The minimum absolute atomic E-state index is 0.327. The Bertz CT molecular complexity index is 1470. The van der Waals surface area contributed by atoms with Crippen LogP contribution in [0.4, 0.5) is 11.6 Å². The normalized spacial score (nSPS) is 14.4. The molecule has 5 rings (SSSR count). The number of benzene rings is 1. The van der Waals surface area contributed by atoms with E-state index >= 15 is 0 Å². The molecule has 3 aromatic heterocycles. The van der Waals surface area contributed by atoms with Crippen molar-refractivity contribution in [1.82, 2.24) is 24.7 Å². The maximum Gasteiger partial charge on any atom is 0.255 e. The summed E-state index contributed by atoms with van der Waals surface area (Å²) in [5.41, 5.74) is 3.03. The van der Waals surface area contributed by atoms with E-state index in [0.717, 1.165) is 5.56 Å². The largest absolute Gasteiger partial charge is 0.496 e.